The van der Waals surface area contributed by atoms with Gasteiger partial charge >= 0.3 is 12.4 Å². The fraction of sp³-hybridized carbons (Fsp3) is 0.545. The normalized spacial score (nSPS) is 12.6. The van der Waals surface area contributed by atoms with Gasteiger partial charge < -0.3 is 5.32 Å². The molecule has 0 aliphatic carbocycles. The van der Waals surface area contributed by atoms with Crippen LogP contribution in [0.2, 0.25) is 5.02 Å². The molecule has 0 aromatic carbocycles. The highest BCUT2D eigenvalue weighted by molar-refractivity contribution is 6.32. The van der Waals surface area contributed by atoms with E-state index in [1.807, 2.05) is 0 Å². The monoisotopic (exact) mass is 320 g/mol. The van der Waals surface area contributed by atoms with Gasteiger partial charge in [-0.15, -0.1) is 0 Å². The van der Waals surface area contributed by atoms with E-state index in [1.165, 1.54) is 0 Å². The quantitative estimate of drug-likeness (QED) is 0.616. The maximum atomic E-state index is 12.3. The molecule has 20 heavy (non-hydrogen) atoms. The van der Waals surface area contributed by atoms with E-state index in [1.54, 1.807) is 0 Å². The Balaban J connectivity index is 2.46. The number of pyridine rings is 1. The molecule has 0 amide bonds. The van der Waals surface area contributed by atoms with Crippen LogP contribution < -0.4 is 5.32 Å². The molecule has 0 bridgehead atoms. The lowest BCUT2D eigenvalue weighted by Gasteiger charge is -2.11. The van der Waals surface area contributed by atoms with Gasteiger partial charge in [-0.05, 0) is 18.9 Å². The highest BCUT2D eigenvalue weighted by Gasteiger charge is 2.31. The van der Waals surface area contributed by atoms with Crippen LogP contribution in [-0.4, -0.2) is 17.7 Å². The highest BCUT2D eigenvalue weighted by atomic mass is 35.5. The molecular formula is C11H11ClF6N2. The summed E-state index contributed by atoms with van der Waals surface area (Å²) >= 11 is 5.62. The Morgan fingerprint density at radius 3 is 2.25 bits per heavy atom. The molecule has 2 nitrogen and oxygen atoms in total. The van der Waals surface area contributed by atoms with Crippen LogP contribution in [-0.2, 0) is 6.18 Å². The van der Waals surface area contributed by atoms with Gasteiger partial charge in [-0.2, -0.15) is 26.3 Å². The largest absolute Gasteiger partial charge is 0.417 e. The lowest BCUT2D eigenvalue weighted by molar-refractivity contribution is -0.138. The van der Waals surface area contributed by atoms with Gasteiger partial charge in [-0.25, -0.2) is 4.98 Å². The molecule has 9 heteroatoms. The van der Waals surface area contributed by atoms with Crippen LogP contribution in [0, 0.1) is 0 Å². The average molecular weight is 321 g/mol. The van der Waals surface area contributed by atoms with E-state index in [4.69, 9.17) is 11.6 Å². The maximum Gasteiger partial charge on any atom is 0.417 e. The smallest absolute Gasteiger partial charge is 0.369 e. The molecule has 1 heterocycles. The molecule has 0 aliphatic rings. The number of alkyl halides is 6. The van der Waals surface area contributed by atoms with Crippen molar-refractivity contribution >= 4 is 17.4 Å². The first-order valence-electron chi connectivity index (χ1n) is 5.63. The summed E-state index contributed by atoms with van der Waals surface area (Å²) in [7, 11) is 0. The molecule has 114 valence electrons. The number of hydrogen-bond acceptors (Lipinski definition) is 2. The van der Waals surface area contributed by atoms with E-state index in [-0.39, 0.29) is 30.2 Å². The van der Waals surface area contributed by atoms with E-state index >= 15 is 0 Å². The van der Waals surface area contributed by atoms with Gasteiger partial charge in [0, 0.05) is 19.2 Å². The Labute approximate surface area is 116 Å². The second kappa shape index (κ2) is 6.51. The second-order valence-corrected chi connectivity index (χ2v) is 4.46. The van der Waals surface area contributed by atoms with Crippen LogP contribution in [0.3, 0.4) is 0 Å². The minimum absolute atomic E-state index is 0.0201. The van der Waals surface area contributed by atoms with Crippen molar-refractivity contribution in [2.75, 3.05) is 11.9 Å². The van der Waals surface area contributed by atoms with Gasteiger partial charge in [0.2, 0.25) is 0 Å². The van der Waals surface area contributed by atoms with Crippen LogP contribution in [0.15, 0.2) is 12.3 Å². The van der Waals surface area contributed by atoms with Crippen molar-refractivity contribution in [3.8, 4) is 0 Å². The SMILES string of the molecule is FC(F)(F)CCCCNc1ncc(C(F)(F)F)cc1Cl. The molecule has 1 rings (SSSR count). The minimum atomic E-state index is -4.54. The number of hydrogen-bond donors (Lipinski definition) is 1. The fourth-order valence-corrected chi connectivity index (χ4v) is 1.61. The van der Waals surface area contributed by atoms with Crippen molar-refractivity contribution in [2.24, 2.45) is 0 Å². The molecule has 1 N–H and O–H groups in total. The Morgan fingerprint density at radius 2 is 1.75 bits per heavy atom. The van der Waals surface area contributed by atoms with Gasteiger partial charge in [0.25, 0.3) is 0 Å². The number of aromatic nitrogens is 1. The molecule has 1 aromatic rings. The van der Waals surface area contributed by atoms with Crippen LogP contribution in [0.1, 0.15) is 24.8 Å². The molecular weight excluding hydrogens is 310 g/mol. The number of unbranched alkanes of at least 4 members (excludes halogenated alkanes) is 1. The van der Waals surface area contributed by atoms with Crippen molar-refractivity contribution in [3.63, 3.8) is 0 Å². The predicted molar refractivity (Wildman–Crippen MR) is 62.6 cm³/mol. The fourth-order valence-electron chi connectivity index (χ4n) is 1.38. The highest BCUT2D eigenvalue weighted by Crippen LogP contribution is 2.32. The summed E-state index contributed by atoms with van der Waals surface area (Å²) in [4.78, 5) is 3.51. The summed E-state index contributed by atoms with van der Waals surface area (Å²) in [5, 5.41) is 2.37. The molecule has 0 atom stereocenters. The van der Waals surface area contributed by atoms with Gasteiger partial charge in [-0.3, -0.25) is 0 Å². The first-order valence-corrected chi connectivity index (χ1v) is 6.01. The van der Waals surface area contributed by atoms with E-state index in [0.717, 1.165) is 0 Å². The third kappa shape index (κ3) is 5.85. The summed E-state index contributed by atoms with van der Waals surface area (Å²) in [6.45, 7) is 0.147. The summed E-state index contributed by atoms with van der Waals surface area (Å²) in [6, 6.07) is 0.715. The zero-order chi connectivity index (χ0) is 15.4. The van der Waals surface area contributed by atoms with Crippen LogP contribution >= 0.6 is 11.6 Å². The maximum absolute atomic E-state index is 12.3. The zero-order valence-corrected chi connectivity index (χ0v) is 10.8. The lowest BCUT2D eigenvalue weighted by Crippen LogP contribution is -2.10. The van der Waals surface area contributed by atoms with Crippen molar-refractivity contribution in [1.82, 2.24) is 4.98 Å². The Kier molecular flexibility index (Phi) is 5.50. The third-order valence-corrected chi connectivity index (χ3v) is 2.64. The summed E-state index contributed by atoms with van der Waals surface area (Å²) in [6.07, 6.45) is -8.90. The third-order valence-electron chi connectivity index (χ3n) is 2.35. The zero-order valence-electron chi connectivity index (χ0n) is 10.1. The molecule has 1 aromatic heterocycles. The standard InChI is InChI=1S/C11H11ClF6N2/c12-8-5-7(11(16,17)18)6-20-9(8)19-4-2-1-3-10(13,14)15/h5-6H,1-4H2,(H,19,20). The van der Waals surface area contributed by atoms with Gasteiger partial charge in [-0.1, -0.05) is 11.6 Å². The number of anilines is 1. The minimum Gasteiger partial charge on any atom is -0.369 e. The summed E-state index contributed by atoms with van der Waals surface area (Å²) in [5.74, 6) is 0.0201. The first kappa shape index (κ1) is 16.9. The molecule has 0 unspecified atom stereocenters. The molecule has 0 radical (unpaired) electrons. The molecule has 0 saturated heterocycles. The number of nitrogens with zero attached hydrogens (tertiary/aromatic N) is 1. The molecule has 0 saturated carbocycles. The molecule has 0 aliphatic heterocycles. The average Bonchev–Trinajstić information content (AvgIpc) is 2.27. The topological polar surface area (TPSA) is 24.9 Å². The molecule has 0 spiro atoms. The van der Waals surface area contributed by atoms with E-state index in [9.17, 15) is 26.3 Å². The van der Waals surface area contributed by atoms with Gasteiger partial charge in [0.1, 0.15) is 5.82 Å². The van der Waals surface area contributed by atoms with Crippen molar-refractivity contribution in [2.45, 2.75) is 31.6 Å². The number of rotatable bonds is 5. The van der Waals surface area contributed by atoms with Crippen LogP contribution in [0.4, 0.5) is 32.2 Å². The van der Waals surface area contributed by atoms with E-state index < -0.39 is 24.3 Å². The Hall–Kier alpha value is -1.18. The first-order chi connectivity index (χ1) is 9.09. The Bertz CT molecular complexity index is 444. The number of halogens is 7. The van der Waals surface area contributed by atoms with Crippen molar-refractivity contribution in [1.29, 1.82) is 0 Å². The second-order valence-electron chi connectivity index (χ2n) is 4.05. The molecule has 0 fully saturated rings. The van der Waals surface area contributed by atoms with Crippen LogP contribution in [0.25, 0.3) is 0 Å². The van der Waals surface area contributed by atoms with Crippen molar-refractivity contribution < 1.29 is 26.3 Å². The lowest BCUT2D eigenvalue weighted by atomic mass is 10.2. The van der Waals surface area contributed by atoms with Crippen molar-refractivity contribution in [3.05, 3.63) is 22.8 Å². The summed E-state index contributed by atoms with van der Waals surface area (Å²) in [5.41, 5.74) is -0.981. The van der Waals surface area contributed by atoms with Crippen LogP contribution in [0.5, 0.6) is 0 Å². The van der Waals surface area contributed by atoms with E-state index in [2.05, 4.69) is 10.3 Å². The summed E-state index contributed by atoms with van der Waals surface area (Å²) < 4.78 is 72.6. The van der Waals surface area contributed by atoms with Gasteiger partial charge in [0.15, 0.2) is 0 Å². The van der Waals surface area contributed by atoms with E-state index in [0.29, 0.717) is 12.3 Å². The van der Waals surface area contributed by atoms with Gasteiger partial charge in [0.05, 0.1) is 10.6 Å². The predicted octanol–water partition coefficient (Wildman–Crippen LogP) is 4.90. The Morgan fingerprint density at radius 1 is 1.10 bits per heavy atom. The number of nitrogens with one attached hydrogen (secondary N) is 1.